The van der Waals surface area contributed by atoms with Gasteiger partial charge in [-0.05, 0) is 26.1 Å². The average Bonchev–Trinajstić information content (AvgIpc) is 3.30. The third-order valence-electron chi connectivity index (χ3n) is 3.34. The molecule has 0 aromatic carbocycles. The first-order valence-electron chi connectivity index (χ1n) is 7.42. The predicted octanol–water partition coefficient (Wildman–Crippen LogP) is 2.53. The van der Waals surface area contributed by atoms with E-state index in [1.165, 1.54) is 17.6 Å². The lowest BCUT2D eigenvalue weighted by molar-refractivity contribution is 0.0996. The fourth-order valence-corrected chi connectivity index (χ4v) is 2.69. The second-order valence-electron chi connectivity index (χ2n) is 5.25. The summed E-state index contributed by atoms with van der Waals surface area (Å²) in [5, 5.41) is 12.1. The van der Waals surface area contributed by atoms with Crippen LogP contribution in [0.25, 0.3) is 0 Å². The van der Waals surface area contributed by atoms with Gasteiger partial charge in [0.2, 0.25) is 5.89 Å². The van der Waals surface area contributed by atoms with Crippen molar-refractivity contribution in [1.82, 2.24) is 20.4 Å². The number of likely N-dealkylation sites (N-methyl/N-ethyl adjacent to an activating group) is 1. The van der Waals surface area contributed by atoms with Crippen LogP contribution in [0.4, 0.5) is 5.13 Å². The van der Waals surface area contributed by atoms with Crippen LogP contribution in [-0.4, -0.2) is 34.1 Å². The zero-order valence-corrected chi connectivity index (χ0v) is 15.3. The summed E-state index contributed by atoms with van der Waals surface area (Å²) in [5.41, 5.74) is 0.756. The molecule has 0 radical (unpaired) electrons. The number of halogens is 1. The number of thiazole rings is 1. The highest BCUT2D eigenvalue weighted by Crippen LogP contribution is 2.18. The number of nitrogens with one attached hydrogen (secondary N) is 2. The van der Waals surface area contributed by atoms with Crippen molar-refractivity contribution in [3.63, 3.8) is 0 Å². The zero-order chi connectivity index (χ0) is 16.9. The Labute approximate surface area is 154 Å². The Morgan fingerprint density at radius 3 is 2.96 bits per heavy atom. The Balaban J connectivity index is 0.00000225. The monoisotopic (exact) mass is 383 g/mol. The van der Waals surface area contributed by atoms with E-state index < -0.39 is 0 Å². The molecule has 0 fully saturated rings. The van der Waals surface area contributed by atoms with E-state index in [0.29, 0.717) is 29.7 Å². The van der Waals surface area contributed by atoms with Gasteiger partial charge in [0, 0.05) is 17.8 Å². The molecule has 3 aromatic heterocycles. The number of amides is 1. The highest BCUT2D eigenvalue weighted by molar-refractivity contribution is 7.13. The second kappa shape index (κ2) is 8.75. The Morgan fingerprint density at radius 1 is 1.40 bits per heavy atom. The molecule has 0 spiro atoms. The summed E-state index contributed by atoms with van der Waals surface area (Å²) in [5.74, 6) is 1.07. The number of rotatable bonds is 7. The normalized spacial score (nSPS) is 11.8. The lowest BCUT2D eigenvalue weighted by Gasteiger charge is -2.04. The molecule has 3 heterocycles. The number of hydrogen-bond donors (Lipinski definition) is 2. The molecule has 0 aliphatic carbocycles. The van der Waals surface area contributed by atoms with E-state index >= 15 is 0 Å². The molecule has 0 aliphatic rings. The van der Waals surface area contributed by atoms with Gasteiger partial charge in [0.25, 0.3) is 5.91 Å². The minimum Gasteiger partial charge on any atom is -0.459 e. The number of carbonyl (C=O) groups excluding carboxylic acids is 1. The fourth-order valence-electron chi connectivity index (χ4n) is 1.99. The van der Waals surface area contributed by atoms with Gasteiger partial charge in [0.15, 0.2) is 16.7 Å². The molecule has 3 aromatic rings. The predicted molar refractivity (Wildman–Crippen MR) is 95.4 cm³/mol. The quantitative estimate of drug-likeness (QED) is 0.645. The van der Waals surface area contributed by atoms with Crippen LogP contribution in [-0.2, 0) is 12.8 Å². The zero-order valence-electron chi connectivity index (χ0n) is 13.7. The maximum atomic E-state index is 11.9. The fraction of sp³-hybridized carbons (Fsp3) is 0.333. The third kappa shape index (κ3) is 5.12. The van der Waals surface area contributed by atoms with E-state index in [1.54, 1.807) is 12.1 Å². The van der Waals surface area contributed by atoms with Crippen LogP contribution in [0.15, 0.2) is 32.7 Å². The van der Waals surface area contributed by atoms with Crippen LogP contribution < -0.4 is 10.6 Å². The Morgan fingerprint density at radius 2 is 2.24 bits per heavy atom. The van der Waals surface area contributed by atoms with Gasteiger partial charge in [-0.1, -0.05) is 5.16 Å². The van der Waals surface area contributed by atoms with Gasteiger partial charge in [-0.3, -0.25) is 10.1 Å². The van der Waals surface area contributed by atoms with Crippen molar-refractivity contribution in [2.24, 2.45) is 0 Å². The van der Waals surface area contributed by atoms with Crippen molar-refractivity contribution >= 4 is 34.8 Å². The van der Waals surface area contributed by atoms with Crippen LogP contribution in [0.1, 0.15) is 34.9 Å². The summed E-state index contributed by atoms with van der Waals surface area (Å²) in [7, 11) is 1.89. The summed E-state index contributed by atoms with van der Waals surface area (Å²) >= 11 is 1.33. The molecule has 2 N–H and O–H groups in total. The topological polar surface area (TPSA) is 106 Å². The highest BCUT2D eigenvalue weighted by Gasteiger charge is 2.14. The molecule has 8 nitrogen and oxygen atoms in total. The summed E-state index contributed by atoms with van der Waals surface area (Å²) in [6.07, 6.45) is 2.57. The summed E-state index contributed by atoms with van der Waals surface area (Å²) in [6, 6.07) is 3.53. The third-order valence-corrected chi connectivity index (χ3v) is 4.15. The van der Waals surface area contributed by atoms with E-state index in [0.717, 1.165) is 5.69 Å². The highest BCUT2D eigenvalue weighted by atomic mass is 35.5. The summed E-state index contributed by atoms with van der Waals surface area (Å²) < 4.78 is 10.3. The maximum absolute atomic E-state index is 11.9. The van der Waals surface area contributed by atoms with Crippen LogP contribution in [0.2, 0.25) is 0 Å². The molecule has 1 atom stereocenters. The van der Waals surface area contributed by atoms with E-state index in [1.807, 2.05) is 19.4 Å². The van der Waals surface area contributed by atoms with Gasteiger partial charge >= 0.3 is 0 Å². The van der Waals surface area contributed by atoms with Crippen molar-refractivity contribution in [2.45, 2.75) is 25.8 Å². The molecule has 25 heavy (non-hydrogen) atoms. The second-order valence-corrected chi connectivity index (χ2v) is 6.11. The Hall–Kier alpha value is -2.23. The number of hydrogen-bond acceptors (Lipinski definition) is 8. The first-order chi connectivity index (χ1) is 11.6. The van der Waals surface area contributed by atoms with Crippen molar-refractivity contribution in [2.75, 3.05) is 12.4 Å². The number of anilines is 1. The van der Waals surface area contributed by atoms with E-state index in [4.69, 9.17) is 8.94 Å². The number of aromatic nitrogens is 3. The summed E-state index contributed by atoms with van der Waals surface area (Å²) in [4.78, 5) is 20.6. The van der Waals surface area contributed by atoms with Gasteiger partial charge in [-0.25, -0.2) is 4.98 Å². The molecule has 134 valence electrons. The van der Waals surface area contributed by atoms with E-state index in [-0.39, 0.29) is 30.1 Å². The van der Waals surface area contributed by atoms with Gasteiger partial charge in [0.1, 0.15) is 0 Å². The molecule has 0 aliphatic heterocycles. The van der Waals surface area contributed by atoms with Gasteiger partial charge < -0.3 is 14.3 Å². The lowest BCUT2D eigenvalue weighted by Crippen LogP contribution is -2.24. The molecule has 10 heteroatoms. The molecule has 0 saturated heterocycles. The SMILES string of the molecule is CNC(C)Cc1noc(Cc2csc(NC(=O)c3ccco3)n2)n1.Cl. The van der Waals surface area contributed by atoms with Gasteiger partial charge in [-0.2, -0.15) is 4.98 Å². The number of nitrogens with zero attached hydrogens (tertiary/aromatic N) is 3. The minimum atomic E-state index is -0.331. The van der Waals surface area contributed by atoms with Crippen LogP contribution in [0.5, 0.6) is 0 Å². The first-order valence-corrected chi connectivity index (χ1v) is 8.30. The molecule has 0 saturated carbocycles. The van der Waals surface area contributed by atoms with E-state index in [9.17, 15) is 4.79 Å². The maximum Gasteiger partial charge on any atom is 0.293 e. The lowest BCUT2D eigenvalue weighted by atomic mass is 10.2. The average molecular weight is 384 g/mol. The summed E-state index contributed by atoms with van der Waals surface area (Å²) in [6.45, 7) is 2.05. The van der Waals surface area contributed by atoms with Crippen molar-refractivity contribution in [1.29, 1.82) is 0 Å². The number of carbonyl (C=O) groups is 1. The minimum absolute atomic E-state index is 0. The van der Waals surface area contributed by atoms with Crippen molar-refractivity contribution in [3.05, 3.63) is 46.9 Å². The van der Waals surface area contributed by atoms with E-state index in [2.05, 4.69) is 25.8 Å². The molecule has 0 bridgehead atoms. The molecule has 1 unspecified atom stereocenters. The molecule has 3 rings (SSSR count). The van der Waals surface area contributed by atoms with Crippen LogP contribution in [0, 0.1) is 0 Å². The van der Waals surface area contributed by atoms with Crippen molar-refractivity contribution in [3.8, 4) is 0 Å². The molecule has 1 amide bonds. The van der Waals surface area contributed by atoms with Crippen molar-refractivity contribution < 1.29 is 13.7 Å². The smallest absolute Gasteiger partial charge is 0.293 e. The molecular formula is C15H18ClN5O3S. The van der Waals surface area contributed by atoms with Gasteiger partial charge in [0.05, 0.1) is 18.4 Å². The standard InChI is InChI=1S/C15H17N5O3S.ClH/c1-9(16-2)6-12-18-13(23-20-12)7-10-8-24-15(17-10)19-14(21)11-4-3-5-22-11;/h3-5,8-9,16H,6-7H2,1-2H3,(H,17,19,21);1H. The largest absolute Gasteiger partial charge is 0.459 e. The molecular weight excluding hydrogens is 366 g/mol. The van der Waals surface area contributed by atoms with Crippen LogP contribution in [0.3, 0.4) is 0 Å². The Bertz CT molecular complexity index is 802. The Kier molecular flexibility index (Phi) is 6.68. The van der Waals surface area contributed by atoms with Gasteiger partial charge in [-0.15, -0.1) is 23.7 Å². The number of furan rings is 1. The van der Waals surface area contributed by atoms with Crippen LogP contribution >= 0.6 is 23.7 Å². The first kappa shape index (κ1) is 19.1.